The van der Waals surface area contributed by atoms with Crippen molar-refractivity contribution in [2.75, 3.05) is 21.3 Å². The molecule has 0 spiro atoms. The summed E-state index contributed by atoms with van der Waals surface area (Å²) in [5.41, 5.74) is 1.77. The van der Waals surface area contributed by atoms with Gasteiger partial charge in [-0.05, 0) is 36.4 Å². The minimum absolute atomic E-state index is 0.0754. The molecule has 4 aromatic rings. The van der Waals surface area contributed by atoms with Gasteiger partial charge in [0.1, 0.15) is 23.9 Å². The van der Waals surface area contributed by atoms with Crippen molar-refractivity contribution in [2.45, 2.75) is 6.61 Å². The standard InChI is InChI=1S/C24H21FN2O5/c1-28-17-9-10-18(21(13-17)29-2)24-26-23(27-32-24)15-8-11-20(22(12-15)30-3)31-14-16-6-4-5-7-19(16)25/h4-13H,14H2,1-3H3. The Hall–Kier alpha value is -4.07. The zero-order valence-electron chi connectivity index (χ0n) is 17.8. The van der Waals surface area contributed by atoms with Gasteiger partial charge >= 0.3 is 0 Å². The van der Waals surface area contributed by atoms with E-state index in [0.717, 1.165) is 0 Å². The van der Waals surface area contributed by atoms with Crippen LogP contribution in [0.25, 0.3) is 22.8 Å². The first-order valence-electron chi connectivity index (χ1n) is 9.73. The van der Waals surface area contributed by atoms with E-state index < -0.39 is 0 Å². The van der Waals surface area contributed by atoms with E-state index in [1.54, 1.807) is 68.8 Å². The van der Waals surface area contributed by atoms with Crippen LogP contribution in [-0.4, -0.2) is 31.5 Å². The fourth-order valence-corrected chi connectivity index (χ4v) is 3.12. The fourth-order valence-electron chi connectivity index (χ4n) is 3.12. The predicted molar refractivity (Wildman–Crippen MR) is 116 cm³/mol. The summed E-state index contributed by atoms with van der Waals surface area (Å²) in [4.78, 5) is 4.48. The molecular formula is C24H21FN2O5. The number of methoxy groups -OCH3 is 3. The summed E-state index contributed by atoms with van der Waals surface area (Å²) in [7, 11) is 4.66. The molecule has 8 heteroatoms. The third-order valence-electron chi connectivity index (χ3n) is 4.83. The van der Waals surface area contributed by atoms with Crippen LogP contribution in [0, 0.1) is 5.82 Å². The minimum atomic E-state index is -0.323. The van der Waals surface area contributed by atoms with Crippen LogP contribution >= 0.6 is 0 Å². The molecule has 0 saturated carbocycles. The van der Waals surface area contributed by atoms with Crippen molar-refractivity contribution < 1.29 is 27.9 Å². The van der Waals surface area contributed by atoms with Crippen LogP contribution in [0.5, 0.6) is 23.0 Å². The van der Waals surface area contributed by atoms with Crippen molar-refractivity contribution in [3.05, 3.63) is 72.0 Å². The van der Waals surface area contributed by atoms with E-state index in [9.17, 15) is 4.39 Å². The Balaban J connectivity index is 1.57. The Kier molecular flexibility index (Phi) is 6.21. The highest BCUT2D eigenvalue weighted by molar-refractivity contribution is 5.67. The highest BCUT2D eigenvalue weighted by Crippen LogP contribution is 2.35. The summed E-state index contributed by atoms with van der Waals surface area (Å²) in [6.45, 7) is 0.0754. The molecular weight excluding hydrogens is 415 g/mol. The van der Waals surface area contributed by atoms with Gasteiger partial charge in [0.15, 0.2) is 11.5 Å². The number of hydrogen-bond donors (Lipinski definition) is 0. The molecule has 0 fully saturated rings. The summed E-state index contributed by atoms with van der Waals surface area (Å²) < 4.78 is 41.1. The number of nitrogens with zero attached hydrogens (tertiary/aromatic N) is 2. The maximum Gasteiger partial charge on any atom is 0.262 e. The molecule has 0 atom stereocenters. The number of ether oxygens (including phenoxy) is 4. The third kappa shape index (κ3) is 4.34. The monoisotopic (exact) mass is 436 g/mol. The van der Waals surface area contributed by atoms with E-state index in [4.69, 9.17) is 23.5 Å². The minimum Gasteiger partial charge on any atom is -0.497 e. The molecule has 0 aliphatic carbocycles. The first-order valence-corrected chi connectivity index (χ1v) is 9.73. The fraction of sp³-hybridized carbons (Fsp3) is 0.167. The van der Waals surface area contributed by atoms with Crippen molar-refractivity contribution in [3.63, 3.8) is 0 Å². The van der Waals surface area contributed by atoms with Crippen LogP contribution in [-0.2, 0) is 6.61 Å². The molecule has 164 valence electrons. The van der Waals surface area contributed by atoms with Gasteiger partial charge in [0.2, 0.25) is 5.82 Å². The lowest BCUT2D eigenvalue weighted by Crippen LogP contribution is -2.00. The number of hydrogen-bond acceptors (Lipinski definition) is 7. The van der Waals surface area contributed by atoms with E-state index in [1.165, 1.54) is 13.2 Å². The zero-order chi connectivity index (χ0) is 22.5. The van der Waals surface area contributed by atoms with Crippen molar-refractivity contribution >= 4 is 0 Å². The number of benzene rings is 3. The quantitative estimate of drug-likeness (QED) is 0.378. The van der Waals surface area contributed by atoms with Crippen LogP contribution in [0.4, 0.5) is 4.39 Å². The maximum atomic E-state index is 13.8. The van der Waals surface area contributed by atoms with Gasteiger partial charge in [0.25, 0.3) is 5.89 Å². The highest BCUT2D eigenvalue weighted by atomic mass is 19.1. The number of halogens is 1. The molecule has 0 aliphatic rings. The van der Waals surface area contributed by atoms with E-state index in [-0.39, 0.29) is 12.4 Å². The second-order valence-corrected chi connectivity index (χ2v) is 6.74. The molecule has 0 radical (unpaired) electrons. The Morgan fingerprint density at radius 2 is 1.66 bits per heavy atom. The summed E-state index contributed by atoms with van der Waals surface area (Å²) in [6, 6.07) is 17.0. The SMILES string of the molecule is COc1ccc(-c2nc(-c3ccc(OCc4ccccc4F)c(OC)c3)no2)c(OC)c1. The van der Waals surface area contributed by atoms with Crippen LogP contribution in [0.1, 0.15) is 5.56 Å². The molecule has 0 aliphatic heterocycles. The largest absolute Gasteiger partial charge is 0.497 e. The molecule has 3 aromatic carbocycles. The van der Waals surface area contributed by atoms with E-state index in [0.29, 0.717) is 51.4 Å². The Bertz CT molecular complexity index is 1220. The van der Waals surface area contributed by atoms with E-state index in [2.05, 4.69) is 10.1 Å². The van der Waals surface area contributed by atoms with Crippen LogP contribution in [0.3, 0.4) is 0 Å². The van der Waals surface area contributed by atoms with Gasteiger partial charge in [0.05, 0.1) is 26.9 Å². The van der Waals surface area contributed by atoms with Gasteiger partial charge in [-0.3, -0.25) is 0 Å². The first kappa shape index (κ1) is 21.2. The normalized spacial score (nSPS) is 10.6. The average Bonchev–Trinajstić information content (AvgIpc) is 3.33. The lowest BCUT2D eigenvalue weighted by Gasteiger charge is -2.12. The maximum absolute atomic E-state index is 13.8. The molecule has 0 amide bonds. The van der Waals surface area contributed by atoms with Gasteiger partial charge in [-0.1, -0.05) is 23.4 Å². The van der Waals surface area contributed by atoms with Gasteiger partial charge in [-0.25, -0.2) is 4.39 Å². The molecule has 0 bridgehead atoms. The lowest BCUT2D eigenvalue weighted by atomic mass is 10.1. The van der Waals surface area contributed by atoms with Crippen molar-refractivity contribution in [1.82, 2.24) is 10.1 Å². The predicted octanol–water partition coefficient (Wildman–Crippen LogP) is 5.15. The molecule has 7 nitrogen and oxygen atoms in total. The van der Waals surface area contributed by atoms with Crippen molar-refractivity contribution in [3.8, 4) is 45.8 Å². The Morgan fingerprint density at radius 1 is 0.844 bits per heavy atom. The molecule has 4 rings (SSSR count). The van der Waals surface area contributed by atoms with Gasteiger partial charge in [0, 0.05) is 17.2 Å². The lowest BCUT2D eigenvalue weighted by molar-refractivity contribution is 0.280. The number of aromatic nitrogens is 2. The van der Waals surface area contributed by atoms with Gasteiger partial charge < -0.3 is 23.5 Å². The highest BCUT2D eigenvalue weighted by Gasteiger charge is 2.17. The average molecular weight is 436 g/mol. The third-order valence-corrected chi connectivity index (χ3v) is 4.83. The smallest absolute Gasteiger partial charge is 0.262 e. The van der Waals surface area contributed by atoms with Crippen LogP contribution < -0.4 is 18.9 Å². The molecule has 1 heterocycles. The molecule has 0 saturated heterocycles. The summed E-state index contributed by atoms with van der Waals surface area (Å²) >= 11 is 0. The van der Waals surface area contributed by atoms with Gasteiger partial charge in [-0.2, -0.15) is 4.98 Å². The summed E-state index contributed by atoms with van der Waals surface area (Å²) in [6.07, 6.45) is 0. The Labute approximate surface area is 184 Å². The molecule has 1 aromatic heterocycles. The second-order valence-electron chi connectivity index (χ2n) is 6.74. The molecule has 0 unspecified atom stereocenters. The van der Waals surface area contributed by atoms with Crippen molar-refractivity contribution in [1.29, 1.82) is 0 Å². The second kappa shape index (κ2) is 9.38. The van der Waals surface area contributed by atoms with Crippen LogP contribution in [0.15, 0.2) is 65.2 Å². The summed E-state index contributed by atoms with van der Waals surface area (Å²) in [5, 5.41) is 4.07. The van der Waals surface area contributed by atoms with Crippen LogP contribution in [0.2, 0.25) is 0 Å². The van der Waals surface area contributed by atoms with Crippen molar-refractivity contribution in [2.24, 2.45) is 0 Å². The summed E-state index contributed by atoms with van der Waals surface area (Å²) in [5.74, 6) is 2.49. The van der Waals surface area contributed by atoms with E-state index in [1.807, 2.05) is 0 Å². The molecule has 32 heavy (non-hydrogen) atoms. The Morgan fingerprint density at radius 3 is 2.41 bits per heavy atom. The number of rotatable bonds is 8. The topological polar surface area (TPSA) is 75.8 Å². The molecule has 0 N–H and O–H groups in total. The van der Waals surface area contributed by atoms with E-state index >= 15 is 0 Å². The first-order chi connectivity index (χ1) is 15.6. The zero-order valence-corrected chi connectivity index (χ0v) is 17.8. The van der Waals surface area contributed by atoms with Gasteiger partial charge in [-0.15, -0.1) is 0 Å².